The van der Waals surface area contributed by atoms with Crippen LogP contribution in [0, 0.1) is 0 Å². The Labute approximate surface area is 99.5 Å². The van der Waals surface area contributed by atoms with E-state index in [1.165, 1.54) is 0 Å². The summed E-state index contributed by atoms with van der Waals surface area (Å²) in [5.74, 6) is 0.278. The maximum Gasteiger partial charge on any atom is 0.116 e. The van der Waals surface area contributed by atoms with Crippen LogP contribution in [0.1, 0.15) is 0 Å². The van der Waals surface area contributed by atoms with Crippen molar-refractivity contribution in [3.8, 4) is 5.75 Å². The number of nitrogens with zero attached hydrogens (tertiary/aromatic N) is 2. The van der Waals surface area contributed by atoms with E-state index < -0.39 is 0 Å². The second-order valence-corrected chi connectivity index (χ2v) is 4.13. The number of phenols is 1. The Morgan fingerprint density at radius 3 is 2.82 bits per heavy atom. The zero-order chi connectivity index (χ0) is 11.7. The summed E-state index contributed by atoms with van der Waals surface area (Å²) in [5, 5.41) is 10.6. The number of phenolic OH excluding ortho intramolecular Hbond substituents is 1. The quantitative estimate of drug-likeness (QED) is 0.811. The standard InChI is InChI=1S/C13H14N2O2/c16-10-1-2-12-11(9-10)13(3-4-14-12)15-5-7-17-8-6-15/h1-4,9,16H,5-8H2. The first-order chi connectivity index (χ1) is 8.34. The molecular weight excluding hydrogens is 216 g/mol. The molecule has 4 nitrogen and oxygen atoms in total. The molecule has 1 aromatic heterocycles. The lowest BCUT2D eigenvalue weighted by Crippen LogP contribution is -2.36. The minimum atomic E-state index is 0.278. The van der Waals surface area contributed by atoms with Gasteiger partial charge in [0.25, 0.3) is 0 Å². The van der Waals surface area contributed by atoms with Gasteiger partial charge in [-0.2, -0.15) is 0 Å². The molecule has 88 valence electrons. The van der Waals surface area contributed by atoms with Gasteiger partial charge in [0.2, 0.25) is 0 Å². The van der Waals surface area contributed by atoms with E-state index in [4.69, 9.17) is 4.74 Å². The molecule has 3 rings (SSSR count). The summed E-state index contributed by atoms with van der Waals surface area (Å²) in [6.45, 7) is 3.27. The number of fused-ring (bicyclic) bond motifs is 1. The van der Waals surface area contributed by atoms with E-state index in [9.17, 15) is 5.11 Å². The van der Waals surface area contributed by atoms with Crippen molar-refractivity contribution in [1.29, 1.82) is 0 Å². The van der Waals surface area contributed by atoms with Crippen molar-refractivity contribution in [2.75, 3.05) is 31.2 Å². The molecule has 0 radical (unpaired) electrons. The van der Waals surface area contributed by atoms with E-state index in [0.717, 1.165) is 42.9 Å². The third-order valence-corrected chi connectivity index (χ3v) is 3.05. The molecule has 0 aliphatic carbocycles. The Hall–Kier alpha value is -1.81. The van der Waals surface area contributed by atoms with Crippen LogP contribution in [0.2, 0.25) is 0 Å². The summed E-state index contributed by atoms with van der Waals surface area (Å²) in [6, 6.07) is 7.27. The number of anilines is 1. The molecule has 17 heavy (non-hydrogen) atoms. The van der Waals surface area contributed by atoms with Gasteiger partial charge >= 0.3 is 0 Å². The average molecular weight is 230 g/mol. The summed E-state index contributed by atoms with van der Waals surface area (Å²) < 4.78 is 5.35. The zero-order valence-corrected chi connectivity index (χ0v) is 9.47. The normalized spacial score (nSPS) is 16.4. The smallest absolute Gasteiger partial charge is 0.116 e. The molecule has 0 unspecified atom stereocenters. The van der Waals surface area contributed by atoms with Gasteiger partial charge in [0.05, 0.1) is 18.7 Å². The lowest BCUT2D eigenvalue weighted by Gasteiger charge is -2.29. The summed E-state index contributed by atoms with van der Waals surface area (Å²) in [7, 11) is 0. The highest BCUT2D eigenvalue weighted by Crippen LogP contribution is 2.28. The van der Waals surface area contributed by atoms with Crippen LogP contribution in [0.3, 0.4) is 0 Å². The van der Waals surface area contributed by atoms with Gasteiger partial charge in [-0.15, -0.1) is 0 Å². The molecule has 2 aromatic rings. The maximum atomic E-state index is 9.58. The molecule has 1 saturated heterocycles. The first-order valence-electron chi connectivity index (χ1n) is 5.75. The minimum absolute atomic E-state index is 0.278. The van der Waals surface area contributed by atoms with Crippen molar-refractivity contribution >= 4 is 16.6 Å². The molecule has 1 aliphatic rings. The number of rotatable bonds is 1. The largest absolute Gasteiger partial charge is 0.508 e. The van der Waals surface area contributed by atoms with Crippen molar-refractivity contribution in [3.63, 3.8) is 0 Å². The molecule has 1 fully saturated rings. The molecule has 4 heteroatoms. The number of ether oxygens (including phenoxy) is 1. The van der Waals surface area contributed by atoms with Gasteiger partial charge < -0.3 is 14.7 Å². The number of morpholine rings is 1. The van der Waals surface area contributed by atoms with E-state index >= 15 is 0 Å². The number of pyridine rings is 1. The Kier molecular flexibility index (Phi) is 2.57. The molecule has 0 saturated carbocycles. The lowest BCUT2D eigenvalue weighted by molar-refractivity contribution is 0.123. The van der Waals surface area contributed by atoms with E-state index in [2.05, 4.69) is 9.88 Å². The molecule has 0 spiro atoms. The molecule has 0 atom stereocenters. The molecule has 0 bridgehead atoms. The second-order valence-electron chi connectivity index (χ2n) is 4.13. The summed E-state index contributed by atoms with van der Waals surface area (Å²) in [6.07, 6.45) is 1.81. The Morgan fingerprint density at radius 2 is 2.00 bits per heavy atom. The molecule has 0 amide bonds. The Morgan fingerprint density at radius 1 is 1.18 bits per heavy atom. The van der Waals surface area contributed by atoms with Crippen molar-refractivity contribution in [2.45, 2.75) is 0 Å². The van der Waals surface area contributed by atoms with Crippen LogP contribution in [-0.4, -0.2) is 36.4 Å². The fraction of sp³-hybridized carbons (Fsp3) is 0.308. The fourth-order valence-electron chi connectivity index (χ4n) is 2.20. The number of aromatic nitrogens is 1. The van der Waals surface area contributed by atoms with Crippen LogP contribution in [0.25, 0.3) is 10.9 Å². The Balaban J connectivity index is 2.11. The van der Waals surface area contributed by atoms with Gasteiger partial charge in [-0.3, -0.25) is 4.98 Å². The highest BCUT2D eigenvalue weighted by molar-refractivity contribution is 5.92. The van der Waals surface area contributed by atoms with Crippen molar-refractivity contribution in [1.82, 2.24) is 4.98 Å². The fourth-order valence-corrected chi connectivity index (χ4v) is 2.20. The van der Waals surface area contributed by atoms with Crippen LogP contribution < -0.4 is 4.90 Å². The maximum absolute atomic E-state index is 9.58. The average Bonchev–Trinajstić information content (AvgIpc) is 2.39. The van der Waals surface area contributed by atoms with Crippen LogP contribution in [0.5, 0.6) is 5.75 Å². The molecule has 1 aromatic carbocycles. The van der Waals surface area contributed by atoms with E-state index in [1.54, 1.807) is 12.1 Å². The van der Waals surface area contributed by atoms with E-state index in [-0.39, 0.29) is 5.75 Å². The topological polar surface area (TPSA) is 45.6 Å². The van der Waals surface area contributed by atoms with Gasteiger partial charge in [-0.1, -0.05) is 0 Å². The van der Waals surface area contributed by atoms with Gasteiger partial charge in [-0.05, 0) is 24.3 Å². The van der Waals surface area contributed by atoms with Crippen LogP contribution in [-0.2, 0) is 4.74 Å². The van der Waals surface area contributed by atoms with Gasteiger partial charge in [0.15, 0.2) is 0 Å². The predicted octanol–water partition coefficient (Wildman–Crippen LogP) is 1.78. The summed E-state index contributed by atoms with van der Waals surface area (Å²) in [5.41, 5.74) is 2.03. The first kappa shape index (κ1) is 10.4. The molecule has 2 heterocycles. The lowest BCUT2D eigenvalue weighted by atomic mass is 10.1. The highest BCUT2D eigenvalue weighted by Gasteiger charge is 2.14. The zero-order valence-electron chi connectivity index (χ0n) is 9.47. The van der Waals surface area contributed by atoms with Gasteiger partial charge in [0.1, 0.15) is 5.75 Å². The van der Waals surface area contributed by atoms with Crippen LogP contribution >= 0.6 is 0 Å². The predicted molar refractivity (Wildman–Crippen MR) is 66.4 cm³/mol. The SMILES string of the molecule is Oc1ccc2nccc(N3CCOCC3)c2c1. The minimum Gasteiger partial charge on any atom is -0.508 e. The van der Waals surface area contributed by atoms with Gasteiger partial charge in [0, 0.05) is 30.4 Å². The summed E-state index contributed by atoms with van der Waals surface area (Å²) >= 11 is 0. The van der Waals surface area contributed by atoms with Crippen molar-refractivity contribution in [2.24, 2.45) is 0 Å². The monoisotopic (exact) mass is 230 g/mol. The third-order valence-electron chi connectivity index (χ3n) is 3.05. The Bertz CT molecular complexity index is 536. The first-order valence-corrected chi connectivity index (χ1v) is 5.75. The highest BCUT2D eigenvalue weighted by atomic mass is 16.5. The third kappa shape index (κ3) is 1.91. The van der Waals surface area contributed by atoms with Crippen molar-refractivity contribution < 1.29 is 9.84 Å². The van der Waals surface area contributed by atoms with Crippen LogP contribution in [0.4, 0.5) is 5.69 Å². The number of hydrogen-bond acceptors (Lipinski definition) is 4. The molecular formula is C13H14N2O2. The van der Waals surface area contributed by atoms with Gasteiger partial charge in [-0.25, -0.2) is 0 Å². The molecule has 1 aliphatic heterocycles. The van der Waals surface area contributed by atoms with E-state index in [1.807, 2.05) is 18.3 Å². The number of benzene rings is 1. The molecule has 1 N–H and O–H groups in total. The van der Waals surface area contributed by atoms with Crippen molar-refractivity contribution in [3.05, 3.63) is 30.5 Å². The van der Waals surface area contributed by atoms with E-state index in [0.29, 0.717) is 0 Å². The number of aromatic hydroxyl groups is 1. The summed E-state index contributed by atoms with van der Waals surface area (Å²) in [4.78, 5) is 6.58. The van der Waals surface area contributed by atoms with Crippen LogP contribution in [0.15, 0.2) is 30.5 Å². The second kappa shape index (κ2) is 4.22. The number of hydrogen-bond donors (Lipinski definition) is 1.